The molecule has 0 aliphatic heterocycles. The third-order valence-corrected chi connectivity index (χ3v) is 3.05. The fraction of sp³-hybridized carbons (Fsp3) is 1.00. The van der Waals surface area contributed by atoms with E-state index in [1.807, 2.05) is 0 Å². The van der Waals surface area contributed by atoms with E-state index in [0.717, 1.165) is 0 Å². The highest BCUT2D eigenvalue weighted by Gasteiger charge is 1.94. The monoisotopic (exact) mass is 398 g/mol. The molecule has 0 rings (SSSR count). The molecule has 0 saturated carbocycles. The molecule has 0 heterocycles. The summed E-state index contributed by atoms with van der Waals surface area (Å²) in [6.45, 7) is 8.95. The summed E-state index contributed by atoms with van der Waals surface area (Å²) in [6, 6.07) is 0. The Morgan fingerprint density at radius 3 is 0.963 bits per heavy atom. The lowest BCUT2D eigenvalue weighted by molar-refractivity contribution is -0.0220. The smallest absolute Gasteiger partial charge is 0.0701 e. The van der Waals surface area contributed by atoms with E-state index in [1.54, 1.807) is 7.11 Å². The van der Waals surface area contributed by atoms with Crippen LogP contribution in [0.3, 0.4) is 0 Å². The Bertz CT molecular complexity index is 241. The number of hydrogen-bond acceptors (Lipinski definition) is 10. The Balaban J connectivity index is 2.95. The first-order chi connectivity index (χ1) is 13.4. The first kappa shape index (κ1) is 26.6. The van der Waals surface area contributed by atoms with Crippen LogP contribution in [0.15, 0.2) is 0 Å². The Labute approximate surface area is 162 Å². The van der Waals surface area contributed by atoms with Gasteiger partial charge in [-0.15, -0.1) is 0 Å². The highest BCUT2D eigenvalue weighted by Crippen LogP contribution is 1.85. The maximum Gasteiger partial charge on any atom is 0.0701 e. The van der Waals surface area contributed by atoms with Crippen LogP contribution in [0.1, 0.15) is 0 Å². The molecule has 0 unspecified atom stereocenters. The van der Waals surface area contributed by atoms with Gasteiger partial charge in [0.2, 0.25) is 0 Å². The molecule has 0 radical (unpaired) electrons. The van der Waals surface area contributed by atoms with Crippen LogP contribution in [0.4, 0.5) is 0 Å². The number of ether oxygens (including phenoxy) is 8. The maximum absolute atomic E-state index is 5.40. The zero-order valence-electron chi connectivity index (χ0n) is 16.7. The van der Waals surface area contributed by atoms with Crippen LogP contribution in [0.25, 0.3) is 0 Å². The highest BCUT2D eigenvalue weighted by molar-refractivity contribution is 4.38. The van der Waals surface area contributed by atoms with E-state index in [2.05, 4.69) is 5.43 Å². The predicted octanol–water partition coefficient (Wildman–Crippen LogP) is -0.788. The van der Waals surface area contributed by atoms with Gasteiger partial charge in [0.1, 0.15) is 0 Å². The van der Waals surface area contributed by atoms with Gasteiger partial charge in [-0.3, -0.25) is 11.3 Å². The number of hydrazine groups is 1. The van der Waals surface area contributed by atoms with Gasteiger partial charge in [-0.2, -0.15) is 0 Å². The molecule has 0 aromatic rings. The van der Waals surface area contributed by atoms with Crippen molar-refractivity contribution in [3.8, 4) is 0 Å². The maximum atomic E-state index is 5.40. The van der Waals surface area contributed by atoms with E-state index in [9.17, 15) is 0 Å². The first-order valence-corrected chi connectivity index (χ1v) is 9.38. The predicted molar refractivity (Wildman–Crippen MR) is 99.8 cm³/mol. The van der Waals surface area contributed by atoms with Crippen molar-refractivity contribution < 1.29 is 37.9 Å². The second kappa shape index (κ2) is 25.6. The molecule has 0 atom stereocenters. The molecule has 0 aliphatic rings. The van der Waals surface area contributed by atoms with Gasteiger partial charge < -0.3 is 37.9 Å². The van der Waals surface area contributed by atoms with E-state index in [-0.39, 0.29) is 0 Å². The number of rotatable bonds is 24. The van der Waals surface area contributed by atoms with Crippen molar-refractivity contribution in [3.05, 3.63) is 0 Å². The molecule has 10 heteroatoms. The van der Waals surface area contributed by atoms with Gasteiger partial charge in [0, 0.05) is 13.7 Å². The molecular weight excluding hydrogens is 360 g/mol. The Kier molecular flexibility index (Phi) is 25.2. The van der Waals surface area contributed by atoms with Crippen LogP contribution in [0, 0.1) is 0 Å². The SMILES string of the molecule is COCCOCCOCCOCCOCCOCCOCCOCCNN. The Morgan fingerprint density at radius 2 is 0.704 bits per heavy atom. The van der Waals surface area contributed by atoms with Gasteiger partial charge in [0.15, 0.2) is 0 Å². The number of methoxy groups -OCH3 is 1. The summed E-state index contributed by atoms with van der Waals surface area (Å²) < 4.78 is 42.3. The zero-order valence-corrected chi connectivity index (χ0v) is 16.7. The Morgan fingerprint density at radius 1 is 0.444 bits per heavy atom. The fourth-order valence-electron chi connectivity index (χ4n) is 1.69. The van der Waals surface area contributed by atoms with Gasteiger partial charge in [0.25, 0.3) is 0 Å². The molecule has 27 heavy (non-hydrogen) atoms. The molecule has 0 bridgehead atoms. The lowest BCUT2D eigenvalue weighted by Gasteiger charge is -2.08. The van der Waals surface area contributed by atoms with Gasteiger partial charge >= 0.3 is 0 Å². The molecule has 0 aromatic heterocycles. The van der Waals surface area contributed by atoms with E-state index < -0.39 is 0 Å². The van der Waals surface area contributed by atoms with Gasteiger partial charge in [0.05, 0.1) is 99.1 Å². The number of hydrogen-bond donors (Lipinski definition) is 2. The van der Waals surface area contributed by atoms with Gasteiger partial charge in [-0.1, -0.05) is 0 Å². The first-order valence-electron chi connectivity index (χ1n) is 9.38. The quantitative estimate of drug-likeness (QED) is 0.122. The molecule has 0 fully saturated rings. The number of nitrogens with one attached hydrogen (secondary N) is 1. The van der Waals surface area contributed by atoms with E-state index >= 15 is 0 Å². The van der Waals surface area contributed by atoms with Crippen LogP contribution in [-0.2, 0) is 37.9 Å². The standard InChI is InChI=1S/C17H38N2O8/c1-20-4-5-22-8-9-24-12-13-26-16-17-27-15-14-25-11-10-23-7-6-21-3-2-19-18/h19H,2-18H2,1H3. The van der Waals surface area contributed by atoms with Crippen molar-refractivity contribution in [2.75, 3.05) is 113 Å². The molecule has 10 nitrogen and oxygen atoms in total. The highest BCUT2D eigenvalue weighted by atomic mass is 16.6. The molecular formula is C17H38N2O8. The average molecular weight is 398 g/mol. The minimum absolute atomic E-state index is 0.536. The largest absolute Gasteiger partial charge is 0.382 e. The van der Waals surface area contributed by atoms with E-state index in [4.69, 9.17) is 43.7 Å². The minimum atomic E-state index is 0.536. The molecule has 0 spiro atoms. The van der Waals surface area contributed by atoms with Crippen LogP contribution in [0.2, 0.25) is 0 Å². The Hall–Kier alpha value is -0.400. The summed E-state index contributed by atoms with van der Waals surface area (Å²) in [5, 5.41) is 0. The summed E-state index contributed by atoms with van der Waals surface area (Å²) in [5.74, 6) is 5.11. The lowest BCUT2D eigenvalue weighted by atomic mass is 10.6. The minimum Gasteiger partial charge on any atom is -0.382 e. The summed E-state index contributed by atoms with van der Waals surface area (Å²) in [6.07, 6.45) is 0. The molecule has 164 valence electrons. The van der Waals surface area contributed by atoms with Crippen molar-refractivity contribution >= 4 is 0 Å². The van der Waals surface area contributed by atoms with Gasteiger partial charge in [-0.05, 0) is 0 Å². The van der Waals surface area contributed by atoms with Crippen LogP contribution < -0.4 is 11.3 Å². The molecule has 0 aliphatic carbocycles. The lowest BCUT2D eigenvalue weighted by Crippen LogP contribution is -2.26. The van der Waals surface area contributed by atoms with Crippen molar-refractivity contribution in [2.45, 2.75) is 0 Å². The van der Waals surface area contributed by atoms with Crippen molar-refractivity contribution in [1.29, 1.82) is 0 Å². The van der Waals surface area contributed by atoms with Gasteiger partial charge in [-0.25, -0.2) is 0 Å². The van der Waals surface area contributed by atoms with Crippen molar-refractivity contribution in [3.63, 3.8) is 0 Å². The topological polar surface area (TPSA) is 112 Å². The second-order valence-electron chi connectivity index (χ2n) is 5.23. The second-order valence-corrected chi connectivity index (χ2v) is 5.23. The number of nitrogens with two attached hydrogens (primary N) is 1. The molecule has 3 N–H and O–H groups in total. The third-order valence-electron chi connectivity index (χ3n) is 3.05. The average Bonchev–Trinajstić information content (AvgIpc) is 2.68. The van der Waals surface area contributed by atoms with Crippen LogP contribution >= 0.6 is 0 Å². The molecule has 0 aromatic carbocycles. The summed E-state index contributed by atoms with van der Waals surface area (Å²) in [7, 11) is 1.65. The van der Waals surface area contributed by atoms with E-state index in [0.29, 0.717) is 106 Å². The fourth-order valence-corrected chi connectivity index (χ4v) is 1.69. The van der Waals surface area contributed by atoms with Crippen molar-refractivity contribution in [2.24, 2.45) is 5.84 Å². The van der Waals surface area contributed by atoms with E-state index in [1.165, 1.54) is 0 Å². The van der Waals surface area contributed by atoms with Crippen LogP contribution in [-0.4, -0.2) is 113 Å². The van der Waals surface area contributed by atoms with Crippen LogP contribution in [0.5, 0.6) is 0 Å². The summed E-state index contributed by atoms with van der Waals surface area (Å²) >= 11 is 0. The summed E-state index contributed by atoms with van der Waals surface area (Å²) in [5.41, 5.74) is 2.51. The third kappa shape index (κ3) is 25.6. The molecule has 0 amide bonds. The zero-order chi connectivity index (χ0) is 19.7. The molecule has 0 saturated heterocycles. The van der Waals surface area contributed by atoms with Crippen molar-refractivity contribution in [1.82, 2.24) is 5.43 Å². The normalized spacial score (nSPS) is 11.3. The summed E-state index contributed by atoms with van der Waals surface area (Å²) in [4.78, 5) is 0.